The monoisotopic (exact) mass is 461 g/mol. The van der Waals surface area contributed by atoms with Gasteiger partial charge in [0.25, 0.3) is 5.91 Å². The van der Waals surface area contributed by atoms with Crippen LogP contribution < -0.4 is 21.1 Å². The summed E-state index contributed by atoms with van der Waals surface area (Å²) in [6, 6.07) is 10.7. The third-order valence-corrected chi connectivity index (χ3v) is 4.80. The van der Waals surface area contributed by atoms with Crippen molar-refractivity contribution in [3.8, 4) is 17.1 Å². The van der Waals surface area contributed by atoms with Gasteiger partial charge >= 0.3 is 0 Å². The molecular formula is C22H23N9O3. The third kappa shape index (κ3) is 4.76. The van der Waals surface area contributed by atoms with Crippen LogP contribution in [0.1, 0.15) is 16.1 Å². The molecule has 3 aromatic heterocycles. The lowest BCUT2D eigenvalue weighted by molar-refractivity contribution is 0.0999. The van der Waals surface area contributed by atoms with Gasteiger partial charge in [-0.05, 0) is 24.3 Å². The van der Waals surface area contributed by atoms with Gasteiger partial charge in [0.2, 0.25) is 5.95 Å². The maximum Gasteiger partial charge on any atom is 0.254 e. The largest absolute Gasteiger partial charge is 0.494 e. The molecule has 0 aliphatic carbocycles. The fourth-order valence-electron chi connectivity index (χ4n) is 3.37. The highest BCUT2D eigenvalue weighted by molar-refractivity contribution is 6.00. The molecule has 3 heterocycles. The Balaban J connectivity index is 1.81. The molecule has 4 rings (SSSR count). The van der Waals surface area contributed by atoms with Crippen LogP contribution in [0.2, 0.25) is 0 Å². The number of nitrogens with two attached hydrogens (primary N) is 1. The van der Waals surface area contributed by atoms with E-state index < -0.39 is 5.91 Å². The number of aryl methyl sites for hydroxylation is 1. The number of pyridine rings is 1. The molecule has 0 saturated heterocycles. The standard InChI is InChI=1S/C22H23N9O3/c1-31-12-25-20(30-31)13-6-5-7-15(18(13)34-2)26-21-17(19(23)33)14(9-11-32)27-22(29-21)28-16-8-3-4-10-24-16/h3-8,10,12,32H,9,11H2,1-2H3,(H2,23,33)(H2,24,26,27,28,29). The second kappa shape index (κ2) is 9.92. The number of primary amides is 1. The molecule has 0 unspecified atom stereocenters. The summed E-state index contributed by atoms with van der Waals surface area (Å²) >= 11 is 0. The van der Waals surface area contributed by atoms with Crippen molar-refractivity contribution >= 4 is 29.2 Å². The second-order valence-corrected chi connectivity index (χ2v) is 7.15. The highest BCUT2D eigenvalue weighted by Crippen LogP contribution is 2.37. The fraction of sp³-hybridized carbons (Fsp3) is 0.182. The summed E-state index contributed by atoms with van der Waals surface area (Å²) in [6.07, 6.45) is 3.30. The first kappa shape index (κ1) is 22.6. The van der Waals surface area contributed by atoms with E-state index in [1.54, 1.807) is 48.5 Å². The van der Waals surface area contributed by atoms with Gasteiger partial charge in [-0.2, -0.15) is 10.1 Å². The summed E-state index contributed by atoms with van der Waals surface area (Å²) < 4.78 is 7.22. The number of para-hydroxylation sites is 1. The van der Waals surface area contributed by atoms with E-state index in [1.807, 2.05) is 12.1 Å². The number of hydrogen-bond donors (Lipinski definition) is 4. The molecule has 0 spiro atoms. The van der Waals surface area contributed by atoms with E-state index in [9.17, 15) is 9.90 Å². The van der Waals surface area contributed by atoms with Gasteiger partial charge < -0.3 is 26.2 Å². The minimum atomic E-state index is -0.739. The SMILES string of the molecule is COc1c(Nc2nc(Nc3ccccn3)nc(CCO)c2C(N)=O)cccc1-c1ncn(C)n1. The number of methoxy groups -OCH3 is 1. The van der Waals surface area contributed by atoms with Crippen LogP contribution in [0.25, 0.3) is 11.4 Å². The Kier molecular flexibility index (Phi) is 6.59. The molecule has 0 saturated carbocycles. The van der Waals surface area contributed by atoms with E-state index in [4.69, 9.17) is 10.5 Å². The molecule has 5 N–H and O–H groups in total. The van der Waals surface area contributed by atoms with Gasteiger partial charge in [0, 0.05) is 26.3 Å². The lowest BCUT2D eigenvalue weighted by Gasteiger charge is -2.17. The Morgan fingerprint density at radius 3 is 2.65 bits per heavy atom. The van der Waals surface area contributed by atoms with Gasteiger partial charge in [-0.1, -0.05) is 12.1 Å². The molecule has 0 radical (unpaired) electrons. The first-order valence-corrected chi connectivity index (χ1v) is 10.3. The van der Waals surface area contributed by atoms with Gasteiger partial charge in [0.1, 0.15) is 23.5 Å². The van der Waals surface area contributed by atoms with Crippen molar-refractivity contribution < 1.29 is 14.6 Å². The summed E-state index contributed by atoms with van der Waals surface area (Å²) in [5.74, 6) is 1.02. The van der Waals surface area contributed by atoms with Crippen molar-refractivity contribution in [1.82, 2.24) is 29.7 Å². The normalized spacial score (nSPS) is 10.7. The summed E-state index contributed by atoms with van der Waals surface area (Å²) in [4.78, 5) is 29.7. The Bertz CT molecular complexity index is 1310. The number of benzene rings is 1. The number of anilines is 4. The Labute approximate surface area is 194 Å². The number of rotatable bonds is 9. The Morgan fingerprint density at radius 2 is 2.00 bits per heavy atom. The van der Waals surface area contributed by atoms with Gasteiger partial charge in [-0.3, -0.25) is 9.48 Å². The molecule has 4 aromatic rings. The quantitative estimate of drug-likeness (QED) is 0.289. The molecule has 0 fully saturated rings. The van der Waals surface area contributed by atoms with E-state index in [0.29, 0.717) is 28.6 Å². The van der Waals surface area contributed by atoms with Crippen molar-refractivity contribution in [2.45, 2.75) is 6.42 Å². The molecule has 174 valence electrons. The topological polar surface area (TPSA) is 166 Å². The van der Waals surface area contributed by atoms with E-state index in [1.165, 1.54) is 7.11 Å². The Morgan fingerprint density at radius 1 is 1.15 bits per heavy atom. The molecule has 0 aliphatic heterocycles. The number of aliphatic hydroxyl groups is 1. The summed E-state index contributed by atoms with van der Waals surface area (Å²) in [7, 11) is 3.29. The number of nitrogens with zero attached hydrogens (tertiary/aromatic N) is 6. The van der Waals surface area contributed by atoms with E-state index in [2.05, 4.69) is 35.7 Å². The van der Waals surface area contributed by atoms with Crippen molar-refractivity contribution in [3.05, 3.63) is 60.2 Å². The Hall–Kier alpha value is -4.58. The van der Waals surface area contributed by atoms with Crippen molar-refractivity contribution in [2.24, 2.45) is 12.8 Å². The van der Waals surface area contributed by atoms with Crippen LogP contribution >= 0.6 is 0 Å². The molecule has 1 aromatic carbocycles. The number of nitrogens with one attached hydrogen (secondary N) is 2. The summed E-state index contributed by atoms with van der Waals surface area (Å²) in [5, 5.41) is 20.0. The third-order valence-electron chi connectivity index (χ3n) is 4.80. The lowest BCUT2D eigenvalue weighted by Crippen LogP contribution is -2.20. The highest BCUT2D eigenvalue weighted by Gasteiger charge is 2.22. The van der Waals surface area contributed by atoms with Crippen LogP contribution in [0.4, 0.5) is 23.3 Å². The zero-order chi connectivity index (χ0) is 24.1. The van der Waals surface area contributed by atoms with Crippen LogP contribution in [0, 0.1) is 0 Å². The highest BCUT2D eigenvalue weighted by atomic mass is 16.5. The first-order chi connectivity index (χ1) is 16.5. The molecule has 34 heavy (non-hydrogen) atoms. The zero-order valence-corrected chi connectivity index (χ0v) is 18.6. The molecule has 1 amide bonds. The number of amides is 1. The predicted molar refractivity (Wildman–Crippen MR) is 125 cm³/mol. The minimum absolute atomic E-state index is 0.0593. The fourth-order valence-corrected chi connectivity index (χ4v) is 3.37. The van der Waals surface area contributed by atoms with Gasteiger partial charge in [0.05, 0.1) is 24.1 Å². The van der Waals surface area contributed by atoms with Gasteiger partial charge in [-0.25, -0.2) is 15.0 Å². The van der Waals surface area contributed by atoms with Gasteiger partial charge in [0.15, 0.2) is 11.6 Å². The maximum absolute atomic E-state index is 12.4. The molecule has 12 heteroatoms. The first-order valence-electron chi connectivity index (χ1n) is 10.3. The number of hydrogen-bond acceptors (Lipinski definition) is 10. The average Bonchev–Trinajstić information content (AvgIpc) is 3.25. The minimum Gasteiger partial charge on any atom is -0.494 e. The molecule has 0 aliphatic rings. The number of aliphatic hydroxyl groups excluding tert-OH is 1. The summed E-state index contributed by atoms with van der Waals surface area (Å²) in [5.41, 5.74) is 7.16. The van der Waals surface area contributed by atoms with Crippen LogP contribution in [-0.2, 0) is 13.5 Å². The number of carbonyl (C=O) groups is 1. The number of ether oxygens (including phenoxy) is 1. The molecule has 0 bridgehead atoms. The van der Waals surface area contributed by atoms with Crippen molar-refractivity contribution in [3.63, 3.8) is 0 Å². The van der Waals surface area contributed by atoms with E-state index >= 15 is 0 Å². The summed E-state index contributed by atoms with van der Waals surface area (Å²) in [6.45, 7) is -0.232. The van der Waals surface area contributed by atoms with Crippen LogP contribution in [0.15, 0.2) is 48.9 Å². The maximum atomic E-state index is 12.4. The van der Waals surface area contributed by atoms with Crippen molar-refractivity contribution in [1.29, 1.82) is 0 Å². The molecule has 0 atom stereocenters. The van der Waals surface area contributed by atoms with E-state index in [-0.39, 0.29) is 36.1 Å². The average molecular weight is 461 g/mol. The predicted octanol–water partition coefficient (Wildman–Crippen LogP) is 1.80. The second-order valence-electron chi connectivity index (χ2n) is 7.15. The molecule has 12 nitrogen and oxygen atoms in total. The lowest BCUT2D eigenvalue weighted by atomic mass is 10.1. The zero-order valence-electron chi connectivity index (χ0n) is 18.6. The number of aromatic nitrogens is 6. The van der Waals surface area contributed by atoms with E-state index in [0.717, 1.165) is 0 Å². The van der Waals surface area contributed by atoms with Crippen molar-refractivity contribution in [2.75, 3.05) is 24.4 Å². The number of carbonyl (C=O) groups excluding carboxylic acids is 1. The van der Waals surface area contributed by atoms with Crippen LogP contribution in [0.3, 0.4) is 0 Å². The van der Waals surface area contributed by atoms with Gasteiger partial charge in [-0.15, -0.1) is 0 Å². The smallest absolute Gasteiger partial charge is 0.254 e. The molecular weight excluding hydrogens is 438 g/mol. The van der Waals surface area contributed by atoms with Crippen LogP contribution in [0.5, 0.6) is 5.75 Å². The van der Waals surface area contributed by atoms with Crippen LogP contribution in [-0.4, -0.2) is 54.4 Å².